The van der Waals surface area contributed by atoms with Gasteiger partial charge in [0.2, 0.25) is 0 Å². The lowest BCUT2D eigenvalue weighted by molar-refractivity contribution is -0.169. The Bertz CT molecular complexity index is 1120. The molecule has 0 saturated heterocycles. The van der Waals surface area contributed by atoms with Crippen LogP contribution in [0.5, 0.6) is 0 Å². The van der Waals surface area contributed by atoms with Gasteiger partial charge in [-0.25, -0.2) is 0 Å². The highest BCUT2D eigenvalue weighted by atomic mass is 19.4. The van der Waals surface area contributed by atoms with Crippen molar-refractivity contribution in [1.29, 1.82) is 0 Å². The van der Waals surface area contributed by atoms with Gasteiger partial charge in [0.25, 0.3) is 0 Å². The number of alkyl halides is 3. The van der Waals surface area contributed by atoms with Crippen LogP contribution in [0.2, 0.25) is 0 Å². The molecule has 0 aliphatic heterocycles. The van der Waals surface area contributed by atoms with E-state index in [4.69, 9.17) is 0 Å². The molecule has 5 heteroatoms. The molecule has 0 heterocycles. The summed E-state index contributed by atoms with van der Waals surface area (Å²) in [4.78, 5) is 13.1. The maximum absolute atomic E-state index is 13.4. The second-order valence-corrected chi connectivity index (χ2v) is 7.44. The van der Waals surface area contributed by atoms with Crippen molar-refractivity contribution in [3.8, 4) is 11.1 Å². The van der Waals surface area contributed by atoms with Crippen LogP contribution in [-0.2, 0) is 11.2 Å². The number of carbonyl (C=O) groups excluding carboxylic acids is 1. The number of rotatable bonds is 3. The fraction of sp³-hybridized carbons (Fsp3) is 0.160. The van der Waals surface area contributed by atoms with Gasteiger partial charge in [0.1, 0.15) is 0 Å². The van der Waals surface area contributed by atoms with Gasteiger partial charge in [0, 0.05) is 11.4 Å². The molecule has 30 heavy (non-hydrogen) atoms. The summed E-state index contributed by atoms with van der Waals surface area (Å²) < 4.78 is 40.2. The maximum Gasteiger partial charge on any atom is 0.472 e. The predicted octanol–water partition coefficient (Wildman–Crippen LogP) is 6.77. The number of benzene rings is 3. The Morgan fingerprint density at radius 1 is 0.900 bits per heavy atom. The molecule has 152 valence electrons. The molecule has 0 saturated carbocycles. The fourth-order valence-corrected chi connectivity index (χ4v) is 3.94. The van der Waals surface area contributed by atoms with Crippen LogP contribution in [0, 0.1) is 13.8 Å². The van der Waals surface area contributed by atoms with Crippen molar-refractivity contribution in [2.45, 2.75) is 26.4 Å². The monoisotopic (exact) mass is 407 g/mol. The van der Waals surface area contributed by atoms with Crippen molar-refractivity contribution in [1.82, 2.24) is 0 Å². The second-order valence-electron chi connectivity index (χ2n) is 7.44. The highest BCUT2D eigenvalue weighted by Gasteiger charge is 2.43. The highest BCUT2D eigenvalue weighted by molar-refractivity contribution is 6.04. The first-order valence-corrected chi connectivity index (χ1v) is 9.63. The van der Waals surface area contributed by atoms with E-state index in [-0.39, 0.29) is 11.4 Å². The van der Waals surface area contributed by atoms with Crippen LogP contribution >= 0.6 is 0 Å². The Kier molecular flexibility index (Phi) is 4.98. The lowest BCUT2D eigenvalue weighted by atomic mass is 9.95. The molecular formula is C25H20F3NO. The first-order chi connectivity index (χ1) is 14.3. The third-order valence-corrected chi connectivity index (χ3v) is 5.36. The summed E-state index contributed by atoms with van der Waals surface area (Å²) >= 11 is 0. The van der Waals surface area contributed by atoms with E-state index in [1.807, 2.05) is 44.2 Å². The molecule has 0 atom stereocenters. The van der Waals surface area contributed by atoms with Crippen LogP contribution in [0.4, 0.5) is 24.5 Å². The number of hydrogen-bond acceptors (Lipinski definition) is 1. The minimum absolute atomic E-state index is 0.179. The predicted molar refractivity (Wildman–Crippen MR) is 114 cm³/mol. The van der Waals surface area contributed by atoms with Gasteiger partial charge in [-0.2, -0.15) is 13.2 Å². The molecule has 0 bridgehead atoms. The average Bonchev–Trinajstić information content (AvgIpc) is 3.16. The Hall–Kier alpha value is -3.34. The molecule has 2 nitrogen and oxygen atoms in total. The fourth-order valence-electron chi connectivity index (χ4n) is 3.94. The molecule has 0 aromatic heterocycles. The second kappa shape index (κ2) is 7.48. The van der Waals surface area contributed by atoms with Gasteiger partial charge in [0.15, 0.2) is 0 Å². The zero-order valence-corrected chi connectivity index (χ0v) is 16.6. The Balaban J connectivity index is 1.77. The third kappa shape index (κ3) is 3.63. The molecule has 0 N–H and O–H groups in total. The summed E-state index contributed by atoms with van der Waals surface area (Å²) in [6, 6.07) is 17.6. The molecule has 0 fully saturated rings. The van der Waals surface area contributed by atoms with Crippen molar-refractivity contribution in [3.05, 3.63) is 89.0 Å². The number of halogens is 3. The van der Waals surface area contributed by atoms with Crippen molar-refractivity contribution >= 4 is 23.4 Å². The van der Waals surface area contributed by atoms with Gasteiger partial charge in [-0.3, -0.25) is 9.69 Å². The summed E-state index contributed by atoms with van der Waals surface area (Å²) in [5.74, 6) is -1.91. The average molecular weight is 407 g/mol. The van der Waals surface area contributed by atoms with Crippen LogP contribution in [-0.4, -0.2) is 12.1 Å². The molecular weight excluding hydrogens is 387 g/mol. The van der Waals surface area contributed by atoms with Gasteiger partial charge < -0.3 is 0 Å². The number of hydrogen-bond donors (Lipinski definition) is 0. The minimum atomic E-state index is -4.98. The number of aryl methyl sites for hydroxylation is 2. The summed E-state index contributed by atoms with van der Waals surface area (Å²) in [5, 5.41) is 0. The van der Waals surface area contributed by atoms with Crippen LogP contribution < -0.4 is 4.90 Å². The Morgan fingerprint density at radius 3 is 2.17 bits per heavy atom. The largest absolute Gasteiger partial charge is 0.472 e. The van der Waals surface area contributed by atoms with Crippen LogP contribution in [0.1, 0.15) is 22.3 Å². The Morgan fingerprint density at radius 2 is 1.53 bits per heavy atom. The van der Waals surface area contributed by atoms with Crippen molar-refractivity contribution in [3.63, 3.8) is 0 Å². The van der Waals surface area contributed by atoms with Crippen LogP contribution in [0.25, 0.3) is 17.2 Å². The molecule has 1 amide bonds. The van der Waals surface area contributed by atoms with E-state index >= 15 is 0 Å². The van der Waals surface area contributed by atoms with Gasteiger partial charge in [-0.15, -0.1) is 0 Å². The molecule has 0 unspecified atom stereocenters. The quantitative estimate of drug-likeness (QED) is 0.469. The van der Waals surface area contributed by atoms with Crippen LogP contribution in [0.3, 0.4) is 0 Å². The van der Waals surface area contributed by atoms with E-state index in [1.54, 1.807) is 42.5 Å². The van der Waals surface area contributed by atoms with E-state index in [1.165, 1.54) is 0 Å². The molecule has 1 aliphatic rings. The summed E-state index contributed by atoms with van der Waals surface area (Å²) in [7, 11) is 0. The summed E-state index contributed by atoms with van der Waals surface area (Å²) in [6.07, 6.45) is -0.469. The smallest absolute Gasteiger partial charge is 0.273 e. The third-order valence-electron chi connectivity index (χ3n) is 5.36. The summed E-state index contributed by atoms with van der Waals surface area (Å²) in [6.45, 7) is 3.99. The maximum atomic E-state index is 13.4. The lowest BCUT2D eigenvalue weighted by Crippen LogP contribution is -2.38. The summed E-state index contributed by atoms with van der Waals surface area (Å²) in [5.41, 5.74) is 6.35. The molecule has 0 radical (unpaired) electrons. The zero-order valence-electron chi connectivity index (χ0n) is 16.6. The van der Waals surface area contributed by atoms with Crippen LogP contribution in [0.15, 0.2) is 66.7 Å². The zero-order chi connectivity index (χ0) is 21.5. The number of nitrogens with zero attached hydrogens (tertiary/aromatic N) is 1. The molecule has 3 aromatic rings. The normalized spacial score (nSPS) is 12.7. The molecule has 3 aromatic carbocycles. The molecule has 1 aliphatic carbocycles. The lowest BCUT2D eigenvalue weighted by Gasteiger charge is -2.25. The number of allylic oxidation sites excluding steroid dienone is 1. The number of anilines is 2. The highest BCUT2D eigenvalue weighted by Crippen LogP contribution is 2.35. The molecule has 0 spiro atoms. The van der Waals surface area contributed by atoms with E-state index in [0.29, 0.717) is 6.42 Å². The standard InChI is InChI=1S/C25H20F3NO/c1-16-5-3-6-17(2)23(16)19-10-12-21(13-11-19)29(24(30)25(26,27)28)22-14-9-18-7-4-8-20(18)15-22/h3-7,9-15H,8H2,1-2H3. The van der Waals surface area contributed by atoms with E-state index in [0.717, 1.165) is 38.3 Å². The van der Waals surface area contributed by atoms with Crippen molar-refractivity contribution < 1.29 is 18.0 Å². The number of fused-ring (bicyclic) bond motifs is 1. The van der Waals surface area contributed by atoms with Gasteiger partial charge in [-0.05, 0) is 77.9 Å². The first-order valence-electron chi connectivity index (χ1n) is 9.63. The SMILES string of the molecule is Cc1cccc(C)c1-c1ccc(N(C(=O)C(F)(F)F)c2ccc3c(c2)CC=C3)cc1. The van der Waals surface area contributed by atoms with E-state index < -0.39 is 12.1 Å². The van der Waals surface area contributed by atoms with Gasteiger partial charge in [0.05, 0.1) is 0 Å². The Labute approximate surface area is 173 Å². The number of amides is 1. The minimum Gasteiger partial charge on any atom is -0.273 e. The van der Waals surface area contributed by atoms with Gasteiger partial charge in [-0.1, -0.05) is 48.6 Å². The topological polar surface area (TPSA) is 20.3 Å². The van der Waals surface area contributed by atoms with Gasteiger partial charge >= 0.3 is 12.1 Å². The van der Waals surface area contributed by atoms with E-state index in [9.17, 15) is 18.0 Å². The van der Waals surface area contributed by atoms with Crippen molar-refractivity contribution in [2.75, 3.05) is 4.90 Å². The first kappa shape index (κ1) is 20.0. The number of carbonyl (C=O) groups is 1. The molecule has 4 rings (SSSR count). The van der Waals surface area contributed by atoms with Crippen molar-refractivity contribution in [2.24, 2.45) is 0 Å². The van der Waals surface area contributed by atoms with E-state index in [2.05, 4.69) is 0 Å².